The maximum atomic E-state index is 14.6. The highest BCUT2D eigenvalue weighted by molar-refractivity contribution is 7.22. The summed E-state index contributed by atoms with van der Waals surface area (Å²) in [7, 11) is 0. The number of thiazole rings is 1. The van der Waals surface area contributed by atoms with Crippen LogP contribution < -0.4 is 26.4 Å². The largest absolute Gasteiger partial charge is 0.491 e. The predicted octanol–water partition coefficient (Wildman–Crippen LogP) is 3.79. The summed E-state index contributed by atoms with van der Waals surface area (Å²) in [4.78, 5) is 45.8. The average Bonchev–Trinajstić information content (AvgIpc) is 3.70. The maximum Gasteiger partial charge on any atom is 0.424 e. The first kappa shape index (κ1) is 33.7. The van der Waals surface area contributed by atoms with E-state index >= 15 is 0 Å². The van der Waals surface area contributed by atoms with E-state index in [1.807, 2.05) is 0 Å². The fourth-order valence-electron chi connectivity index (χ4n) is 5.09. The third kappa shape index (κ3) is 7.34. The molecule has 1 fully saturated rings. The van der Waals surface area contributed by atoms with Crippen LogP contribution in [0.2, 0.25) is 0 Å². The second-order valence-electron chi connectivity index (χ2n) is 10.8. The topological polar surface area (TPSA) is 169 Å². The van der Waals surface area contributed by atoms with Crippen molar-refractivity contribution in [3.8, 4) is 17.0 Å². The Morgan fingerprint density at radius 1 is 1.13 bits per heavy atom. The van der Waals surface area contributed by atoms with E-state index in [-0.39, 0.29) is 46.7 Å². The zero-order valence-corrected chi connectivity index (χ0v) is 25.7. The lowest BCUT2D eigenvalue weighted by molar-refractivity contribution is -0.265. The van der Waals surface area contributed by atoms with Gasteiger partial charge in [0.25, 0.3) is 5.91 Å². The molecular weight excluding hydrogens is 644 g/mol. The Bertz CT molecular complexity index is 1810. The van der Waals surface area contributed by atoms with Gasteiger partial charge < -0.3 is 31.5 Å². The van der Waals surface area contributed by atoms with Crippen molar-refractivity contribution in [3.05, 3.63) is 71.2 Å². The molecule has 11 nitrogen and oxygen atoms in total. The standard InChI is InChI=1S/C31H30F4N6O5S/c1-2-46-26-18(14-24(36)42)13-23(40-25(26)16-5-8-19(32)9-6-16)30(45,31(33,34)35)15-38-27(43)17-7-10-20-22(12-17)47-29(39-20)41-28(44)21-4-3-11-37-21/h5-10,12-13,21,37,45H,2-4,11,14-15H2,1H3,(H2,36,42)(H,38,43)(H,39,41,44)/t21-,30-/m0/s1. The number of anilines is 1. The SMILES string of the molecule is CCOc1c(CC(N)=O)cc([C@@](O)(CNC(=O)c2ccc3nc(NC(=O)[C@@H]4CCCN4)sc3c2)C(F)(F)F)nc1-c1ccc(F)cc1. The van der Waals surface area contributed by atoms with Gasteiger partial charge in [0.05, 0.1) is 41.5 Å². The molecule has 2 atom stereocenters. The maximum absolute atomic E-state index is 14.6. The number of primary amides is 1. The van der Waals surface area contributed by atoms with E-state index in [1.54, 1.807) is 6.92 Å². The summed E-state index contributed by atoms with van der Waals surface area (Å²) in [6, 6.07) is 9.39. The Balaban J connectivity index is 1.45. The van der Waals surface area contributed by atoms with Crippen LogP contribution in [0.25, 0.3) is 21.5 Å². The molecule has 3 amide bonds. The Morgan fingerprint density at radius 3 is 2.51 bits per heavy atom. The lowest BCUT2D eigenvalue weighted by Crippen LogP contribution is -2.51. The van der Waals surface area contributed by atoms with Crippen molar-refractivity contribution >= 4 is 44.4 Å². The number of carbonyl (C=O) groups excluding carboxylic acids is 3. The van der Waals surface area contributed by atoms with E-state index in [0.29, 0.717) is 21.8 Å². The third-order valence-corrected chi connectivity index (χ3v) is 8.41. The molecule has 248 valence electrons. The second-order valence-corrected chi connectivity index (χ2v) is 11.8. The number of nitrogens with zero attached hydrogens (tertiary/aromatic N) is 2. The molecule has 5 rings (SSSR count). The number of halogens is 4. The minimum Gasteiger partial charge on any atom is -0.491 e. The number of ether oxygens (including phenoxy) is 1. The van der Waals surface area contributed by atoms with Gasteiger partial charge in [-0.3, -0.25) is 14.4 Å². The number of hydrogen-bond acceptors (Lipinski definition) is 9. The van der Waals surface area contributed by atoms with Crippen LogP contribution in [0.1, 0.15) is 41.4 Å². The summed E-state index contributed by atoms with van der Waals surface area (Å²) in [6.07, 6.45) is -4.36. The van der Waals surface area contributed by atoms with E-state index < -0.39 is 48.1 Å². The highest BCUT2D eigenvalue weighted by atomic mass is 32.1. The number of nitrogens with two attached hydrogens (primary N) is 1. The van der Waals surface area contributed by atoms with Crippen molar-refractivity contribution < 1.29 is 41.8 Å². The summed E-state index contributed by atoms with van der Waals surface area (Å²) in [6.45, 7) is 1.02. The van der Waals surface area contributed by atoms with Gasteiger partial charge in [0.15, 0.2) is 5.13 Å². The van der Waals surface area contributed by atoms with Crippen LogP contribution in [0, 0.1) is 5.82 Å². The molecule has 16 heteroatoms. The highest BCUT2D eigenvalue weighted by Crippen LogP contribution is 2.42. The summed E-state index contributed by atoms with van der Waals surface area (Å²) < 4.78 is 63.7. The Labute approximate surface area is 269 Å². The number of alkyl halides is 3. The molecule has 1 aliphatic heterocycles. The number of hydrogen-bond donors (Lipinski definition) is 5. The molecule has 4 aromatic rings. The summed E-state index contributed by atoms with van der Waals surface area (Å²) >= 11 is 1.09. The number of amides is 3. The highest BCUT2D eigenvalue weighted by Gasteiger charge is 2.56. The number of aliphatic hydroxyl groups is 1. The molecule has 2 aromatic heterocycles. The van der Waals surface area contributed by atoms with Gasteiger partial charge in [-0.1, -0.05) is 11.3 Å². The second kappa shape index (κ2) is 13.6. The van der Waals surface area contributed by atoms with E-state index in [4.69, 9.17) is 10.5 Å². The van der Waals surface area contributed by atoms with Crippen LogP contribution in [0.5, 0.6) is 5.75 Å². The Kier molecular flexibility index (Phi) is 9.74. The van der Waals surface area contributed by atoms with Crippen LogP contribution in [-0.4, -0.2) is 64.7 Å². The molecule has 2 aromatic carbocycles. The molecule has 0 spiro atoms. The van der Waals surface area contributed by atoms with Crippen molar-refractivity contribution in [2.24, 2.45) is 5.73 Å². The Hall–Kier alpha value is -4.67. The van der Waals surface area contributed by atoms with E-state index in [2.05, 4.69) is 25.9 Å². The quantitative estimate of drug-likeness (QED) is 0.150. The lowest BCUT2D eigenvalue weighted by atomic mass is 9.93. The molecule has 3 heterocycles. The predicted molar refractivity (Wildman–Crippen MR) is 165 cm³/mol. The van der Waals surface area contributed by atoms with Gasteiger partial charge in [-0.25, -0.2) is 14.4 Å². The normalized spacial score (nSPS) is 16.1. The minimum atomic E-state index is -5.37. The number of benzene rings is 2. The number of aromatic nitrogens is 2. The van der Waals surface area contributed by atoms with E-state index in [9.17, 15) is 37.1 Å². The number of carbonyl (C=O) groups is 3. The van der Waals surface area contributed by atoms with Gasteiger partial charge in [0.1, 0.15) is 17.3 Å². The summed E-state index contributed by atoms with van der Waals surface area (Å²) in [5.74, 6) is -2.76. The molecule has 1 saturated heterocycles. The number of rotatable bonds is 11. The van der Waals surface area contributed by atoms with Crippen LogP contribution in [0.3, 0.4) is 0 Å². The van der Waals surface area contributed by atoms with Crippen molar-refractivity contribution in [2.45, 2.75) is 44.0 Å². The third-order valence-electron chi connectivity index (χ3n) is 7.48. The first-order valence-electron chi connectivity index (χ1n) is 14.5. The van der Waals surface area contributed by atoms with Gasteiger partial charge in [-0.15, -0.1) is 0 Å². The molecule has 0 bridgehead atoms. The van der Waals surface area contributed by atoms with Crippen molar-refractivity contribution in [3.63, 3.8) is 0 Å². The number of nitrogens with one attached hydrogen (secondary N) is 3. The Morgan fingerprint density at radius 2 is 1.87 bits per heavy atom. The van der Waals surface area contributed by atoms with Crippen molar-refractivity contribution in [1.29, 1.82) is 0 Å². The number of pyridine rings is 1. The molecule has 1 aliphatic rings. The first-order valence-corrected chi connectivity index (χ1v) is 15.3. The van der Waals surface area contributed by atoms with Gasteiger partial charge in [0, 0.05) is 16.7 Å². The van der Waals surface area contributed by atoms with Gasteiger partial charge in [-0.2, -0.15) is 13.2 Å². The van der Waals surface area contributed by atoms with Crippen molar-refractivity contribution in [1.82, 2.24) is 20.6 Å². The molecule has 0 unspecified atom stereocenters. The average molecular weight is 675 g/mol. The molecule has 0 radical (unpaired) electrons. The van der Waals surface area contributed by atoms with E-state index in [0.717, 1.165) is 42.5 Å². The van der Waals surface area contributed by atoms with Gasteiger partial charge in [0.2, 0.25) is 17.4 Å². The minimum absolute atomic E-state index is 0.0258. The van der Waals surface area contributed by atoms with E-state index in [1.165, 1.54) is 30.3 Å². The number of fused-ring (bicyclic) bond motifs is 1. The van der Waals surface area contributed by atoms with Gasteiger partial charge in [-0.05, 0) is 74.8 Å². The zero-order valence-electron chi connectivity index (χ0n) is 24.9. The first-order chi connectivity index (χ1) is 22.3. The zero-order chi connectivity index (χ0) is 33.9. The van der Waals surface area contributed by atoms with Crippen LogP contribution in [0.4, 0.5) is 22.7 Å². The van der Waals surface area contributed by atoms with Crippen LogP contribution in [0.15, 0.2) is 48.5 Å². The fraction of sp³-hybridized carbons (Fsp3) is 0.323. The summed E-state index contributed by atoms with van der Waals surface area (Å²) in [5, 5.41) is 19.4. The summed E-state index contributed by atoms with van der Waals surface area (Å²) in [5.41, 5.74) is 0.962. The fourth-order valence-corrected chi connectivity index (χ4v) is 6.00. The smallest absolute Gasteiger partial charge is 0.424 e. The molecular formula is C31H30F4N6O5S. The van der Waals surface area contributed by atoms with Crippen LogP contribution >= 0.6 is 11.3 Å². The molecule has 47 heavy (non-hydrogen) atoms. The monoisotopic (exact) mass is 674 g/mol. The van der Waals surface area contributed by atoms with Gasteiger partial charge >= 0.3 is 6.18 Å². The molecule has 0 saturated carbocycles. The molecule has 0 aliphatic carbocycles. The van der Waals surface area contributed by atoms with Crippen LogP contribution in [-0.2, 0) is 21.6 Å². The van der Waals surface area contributed by atoms with Crippen molar-refractivity contribution in [2.75, 3.05) is 25.0 Å². The lowest BCUT2D eigenvalue weighted by Gasteiger charge is -2.31. The molecule has 6 N–H and O–H groups in total.